The molecule has 0 saturated carbocycles. The lowest BCUT2D eigenvalue weighted by molar-refractivity contribution is -0.138. The van der Waals surface area contributed by atoms with E-state index in [2.05, 4.69) is 0 Å². The Labute approximate surface area is 129 Å². The second-order valence-corrected chi connectivity index (χ2v) is 10.5. The first-order chi connectivity index (χ1) is 10.4. The zero-order valence-electron chi connectivity index (χ0n) is 12.2. The van der Waals surface area contributed by atoms with Gasteiger partial charge in [0.25, 0.3) is 0 Å². The van der Waals surface area contributed by atoms with E-state index in [1.165, 1.54) is 12.1 Å². The minimum Gasteiger partial charge on any atom is -0.166 e. The first-order valence-electron chi connectivity index (χ1n) is 6.86. The van der Waals surface area contributed by atoms with Crippen LogP contribution in [0.1, 0.15) is 11.1 Å². The van der Waals surface area contributed by atoms with Crippen LogP contribution in [0.2, 0.25) is 13.1 Å². The fraction of sp³-hybridized carbons (Fsp3) is 0.250. The maximum atomic E-state index is 12.9. The van der Waals surface area contributed by atoms with Gasteiger partial charge in [0.15, 0.2) is 0 Å². The predicted octanol–water partition coefficient (Wildman–Crippen LogP) is 4.53. The van der Waals surface area contributed by atoms with Crippen molar-refractivity contribution >= 4 is 18.4 Å². The summed E-state index contributed by atoms with van der Waals surface area (Å²) < 4.78 is 77.5. The van der Waals surface area contributed by atoms with Gasteiger partial charge >= 0.3 is 12.4 Å². The number of fused-ring (bicyclic) bond motifs is 3. The summed E-state index contributed by atoms with van der Waals surface area (Å²) in [4.78, 5) is 0. The molecule has 0 aliphatic carbocycles. The maximum absolute atomic E-state index is 12.9. The molecule has 0 unspecified atom stereocenters. The molecule has 2 aromatic rings. The molecule has 23 heavy (non-hydrogen) atoms. The van der Waals surface area contributed by atoms with Gasteiger partial charge in [0.05, 0.1) is 11.1 Å². The highest BCUT2D eigenvalue weighted by atomic mass is 28.3. The highest BCUT2D eigenvalue weighted by Gasteiger charge is 2.41. The van der Waals surface area contributed by atoms with Crippen LogP contribution in [-0.2, 0) is 12.4 Å². The molecule has 1 aliphatic heterocycles. The largest absolute Gasteiger partial charge is 0.416 e. The van der Waals surface area contributed by atoms with Gasteiger partial charge in [0, 0.05) is 0 Å². The SMILES string of the molecule is C[Si]1(C)c2ccc(C(F)(F)F)cc2-c2ccc(C(F)(F)F)cc21. The molecule has 0 saturated heterocycles. The van der Waals surface area contributed by atoms with Gasteiger partial charge in [0.1, 0.15) is 8.07 Å². The third-order valence-electron chi connectivity index (χ3n) is 4.33. The molecule has 0 fully saturated rings. The van der Waals surface area contributed by atoms with Gasteiger partial charge in [-0.2, -0.15) is 26.3 Å². The second-order valence-electron chi connectivity index (χ2n) is 6.14. The van der Waals surface area contributed by atoms with Crippen molar-refractivity contribution in [1.82, 2.24) is 0 Å². The monoisotopic (exact) mass is 346 g/mol. The molecule has 7 heteroatoms. The number of hydrogen-bond donors (Lipinski definition) is 0. The Morgan fingerprint density at radius 3 is 1.74 bits per heavy atom. The van der Waals surface area contributed by atoms with Crippen LogP contribution in [0.15, 0.2) is 36.4 Å². The topological polar surface area (TPSA) is 0 Å². The van der Waals surface area contributed by atoms with Crippen LogP contribution in [0.25, 0.3) is 11.1 Å². The van der Waals surface area contributed by atoms with Gasteiger partial charge < -0.3 is 0 Å². The van der Waals surface area contributed by atoms with E-state index in [9.17, 15) is 26.3 Å². The van der Waals surface area contributed by atoms with Gasteiger partial charge in [-0.25, -0.2) is 0 Å². The van der Waals surface area contributed by atoms with Crippen LogP contribution < -0.4 is 10.4 Å². The molecule has 3 rings (SSSR count). The van der Waals surface area contributed by atoms with Crippen molar-refractivity contribution in [3.05, 3.63) is 47.5 Å². The van der Waals surface area contributed by atoms with Gasteiger partial charge in [0.2, 0.25) is 0 Å². The molecule has 0 amide bonds. The fourth-order valence-corrected chi connectivity index (χ4v) is 6.18. The van der Waals surface area contributed by atoms with Crippen molar-refractivity contribution in [3.63, 3.8) is 0 Å². The lowest BCUT2D eigenvalue weighted by Crippen LogP contribution is -2.49. The van der Waals surface area contributed by atoms with Crippen molar-refractivity contribution in [2.24, 2.45) is 0 Å². The molecule has 0 aromatic heterocycles. The van der Waals surface area contributed by atoms with Crippen molar-refractivity contribution in [1.29, 1.82) is 0 Å². The standard InChI is InChI=1S/C16H12F6Si/c1-23(2)13-6-4-9(15(17,18)19)7-12(13)11-5-3-10(8-14(11)23)16(20,21)22/h3-8H,1-2H3. The molecule has 0 radical (unpaired) electrons. The van der Waals surface area contributed by atoms with Gasteiger partial charge in [-0.3, -0.25) is 0 Å². The van der Waals surface area contributed by atoms with E-state index in [1.807, 2.05) is 13.1 Å². The Hall–Kier alpha value is -1.76. The first kappa shape index (κ1) is 16.1. The minimum absolute atomic E-state index is 0.403. The molecule has 1 aliphatic rings. The van der Waals surface area contributed by atoms with E-state index in [-0.39, 0.29) is 0 Å². The van der Waals surface area contributed by atoms with Crippen LogP contribution in [0.4, 0.5) is 26.3 Å². The van der Waals surface area contributed by atoms with E-state index < -0.39 is 31.6 Å². The molecular weight excluding hydrogens is 334 g/mol. The Morgan fingerprint density at radius 1 is 0.652 bits per heavy atom. The Balaban J connectivity index is 2.24. The molecule has 0 spiro atoms. The van der Waals surface area contributed by atoms with Gasteiger partial charge in [-0.15, -0.1) is 0 Å². The summed E-state index contributed by atoms with van der Waals surface area (Å²) in [6.45, 7) is 3.70. The fourth-order valence-electron chi connectivity index (χ4n) is 3.11. The van der Waals surface area contributed by atoms with E-state index in [4.69, 9.17) is 0 Å². The maximum Gasteiger partial charge on any atom is 0.416 e. The summed E-state index contributed by atoms with van der Waals surface area (Å²) in [6.07, 6.45) is -8.94. The molecule has 0 N–H and O–H groups in total. The van der Waals surface area contributed by atoms with Crippen molar-refractivity contribution in [2.75, 3.05) is 0 Å². The molecule has 122 valence electrons. The van der Waals surface area contributed by atoms with Crippen LogP contribution in [0.3, 0.4) is 0 Å². The predicted molar refractivity (Wildman–Crippen MR) is 78.6 cm³/mol. The molecule has 0 bridgehead atoms. The Morgan fingerprint density at radius 2 is 1.17 bits per heavy atom. The third kappa shape index (κ3) is 2.47. The summed E-state index contributed by atoms with van der Waals surface area (Å²) >= 11 is 0. The lowest BCUT2D eigenvalue weighted by atomic mass is 10.0. The average molecular weight is 346 g/mol. The van der Waals surface area contributed by atoms with E-state index in [0.717, 1.165) is 29.5 Å². The summed E-state index contributed by atoms with van der Waals surface area (Å²) in [6, 6.07) is 6.78. The highest BCUT2D eigenvalue weighted by Crippen LogP contribution is 2.37. The quantitative estimate of drug-likeness (QED) is 0.486. The zero-order valence-corrected chi connectivity index (χ0v) is 13.2. The van der Waals surface area contributed by atoms with Crippen molar-refractivity contribution < 1.29 is 26.3 Å². The highest BCUT2D eigenvalue weighted by molar-refractivity contribution is 7.03. The first-order valence-corrected chi connectivity index (χ1v) is 9.86. The third-order valence-corrected chi connectivity index (χ3v) is 7.87. The zero-order chi connectivity index (χ0) is 17.2. The van der Waals surface area contributed by atoms with Crippen LogP contribution in [-0.4, -0.2) is 8.07 Å². The molecule has 0 nitrogen and oxygen atoms in total. The smallest absolute Gasteiger partial charge is 0.166 e. The normalized spacial score (nSPS) is 16.2. The number of alkyl halides is 6. The summed E-state index contributed by atoms with van der Waals surface area (Å²) in [7, 11) is -2.44. The summed E-state index contributed by atoms with van der Waals surface area (Å²) in [5.74, 6) is 0. The number of benzene rings is 2. The van der Waals surface area contributed by atoms with Gasteiger partial charge in [-0.1, -0.05) is 31.3 Å². The molecule has 1 heterocycles. The van der Waals surface area contributed by atoms with E-state index in [0.29, 0.717) is 16.3 Å². The molecular formula is C16H12F6Si. The summed E-state index contributed by atoms with van der Waals surface area (Å²) in [5.41, 5.74) is -0.662. The van der Waals surface area contributed by atoms with Crippen molar-refractivity contribution in [3.8, 4) is 11.1 Å². The van der Waals surface area contributed by atoms with Crippen LogP contribution in [0.5, 0.6) is 0 Å². The van der Waals surface area contributed by atoms with Gasteiger partial charge in [-0.05, 0) is 39.7 Å². The van der Waals surface area contributed by atoms with E-state index >= 15 is 0 Å². The van der Waals surface area contributed by atoms with Crippen LogP contribution in [0, 0.1) is 0 Å². The number of rotatable bonds is 0. The van der Waals surface area contributed by atoms with Crippen LogP contribution >= 0.6 is 0 Å². The number of halogens is 6. The lowest BCUT2D eigenvalue weighted by Gasteiger charge is -2.20. The van der Waals surface area contributed by atoms with Crippen molar-refractivity contribution in [2.45, 2.75) is 25.4 Å². The molecule has 0 atom stereocenters. The molecule has 2 aromatic carbocycles. The van der Waals surface area contributed by atoms with E-state index in [1.54, 1.807) is 0 Å². The second kappa shape index (κ2) is 4.63. The minimum atomic E-state index is -4.48. The number of hydrogen-bond acceptors (Lipinski definition) is 0. The Bertz CT molecular complexity index is 786. The average Bonchev–Trinajstić information content (AvgIpc) is 2.65. The Kier molecular flexibility index (Phi) is 3.24. The summed E-state index contributed by atoms with van der Waals surface area (Å²) in [5, 5.41) is 1.27.